The summed E-state index contributed by atoms with van der Waals surface area (Å²) < 4.78 is 16.3. The standard InChI is InChI=1S/C12H22N2O3Si/c1-5-12(13,14)10-7-6-8-11(9-10)18(15-2,16-3)17-4/h6-9H,5,13-14H2,1-4H3. The Morgan fingerprint density at radius 3 is 2.11 bits per heavy atom. The molecule has 0 saturated heterocycles. The lowest BCUT2D eigenvalue weighted by atomic mass is 9.99. The van der Waals surface area contributed by atoms with Crippen LogP contribution in [0.4, 0.5) is 0 Å². The minimum Gasteiger partial charge on any atom is -0.373 e. The Labute approximate surface area is 109 Å². The fraction of sp³-hybridized carbons (Fsp3) is 0.500. The van der Waals surface area contributed by atoms with E-state index in [0.29, 0.717) is 6.42 Å². The van der Waals surface area contributed by atoms with Crippen molar-refractivity contribution in [3.05, 3.63) is 29.8 Å². The van der Waals surface area contributed by atoms with Gasteiger partial charge in [-0.3, -0.25) is 0 Å². The molecule has 0 unspecified atom stereocenters. The van der Waals surface area contributed by atoms with Crippen molar-refractivity contribution in [3.63, 3.8) is 0 Å². The van der Waals surface area contributed by atoms with E-state index in [0.717, 1.165) is 10.8 Å². The first kappa shape index (κ1) is 15.3. The lowest BCUT2D eigenvalue weighted by Gasteiger charge is -2.28. The maximum atomic E-state index is 6.04. The molecule has 0 aliphatic carbocycles. The van der Waals surface area contributed by atoms with Gasteiger partial charge in [-0.2, -0.15) is 0 Å². The molecule has 5 nitrogen and oxygen atoms in total. The summed E-state index contributed by atoms with van der Waals surface area (Å²) in [5, 5.41) is 0.848. The van der Waals surface area contributed by atoms with E-state index >= 15 is 0 Å². The molecule has 0 fully saturated rings. The largest absolute Gasteiger partial charge is 0.536 e. The molecule has 0 atom stereocenters. The van der Waals surface area contributed by atoms with Crippen LogP contribution in [0.1, 0.15) is 18.9 Å². The van der Waals surface area contributed by atoms with Crippen molar-refractivity contribution in [2.24, 2.45) is 11.5 Å². The monoisotopic (exact) mass is 270 g/mol. The van der Waals surface area contributed by atoms with Crippen molar-refractivity contribution in [1.82, 2.24) is 0 Å². The normalized spacial score (nSPS) is 12.8. The van der Waals surface area contributed by atoms with E-state index in [9.17, 15) is 0 Å². The van der Waals surface area contributed by atoms with E-state index in [1.165, 1.54) is 0 Å². The molecule has 0 bridgehead atoms. The van der Waals surface area contributed by atoms with Crippen LogP contribution in [0, 0.1) is 0 Å². The van der Waals surface area contributed by atoms with Gasteiger partial charge in [0.25, 0.3) is 0 Å². The minimum absolute atomic E-state index is 0.637. The maximum absolute atomic E-state index is 6.04. The maximum Gasteiger partial charge on any atom is 0.536 e. The molecule has 18 heavy (non-hydrogen) atoms. The van der Waals surface area contributed by atoms with E-state index in [-0.39, 0.29) is 0 Å². The molecule has 1 aromatic rings. The van der Waals surface area contributed by atoms with Gasteiger partial charge in [-0.1, -0.05) is 25.1 Å². The molecule has 1 rings (SSSR count). The highest BCUT2D eigenvalue weighted by Gasteiger charge is 2.41. The minimum atomic E-state index is -2.83. The van der Waals surface area contributed by atoms with Crippen molar-refractivity contribution >= 4 is 14.0 Å². The first-order chi connectivity index (χ1) is 8.45. The van der Waals surface area contributed by atoms with Gasteiger partial charge in [-0.15, -0.1) is 0 Å². The molecule has 0 saturated carbocycles. The van der Waals surface area contributed by atoms with Crippen LogP contribution in [0.15, 0.2) is 24.3 Å². The lowest BCUT2D eigenvalue weighted by molar-refractivity contribution is 0.140. The van der Waals surface area contributed by atoms with E-state index in [1.807, 2.05) is 31.2 Å². The van der Waals surface area contributed by atoms with Crippen LogP contribution in [-0.2, 0) is 18.9 Å². The molecule has 6 heteroatoms. The van der Waals surface area contributed by atoms with Crippen LogP contribution in [0.5, 0.6) is 0 Å². The SMILES string of the molecule is CCC(N)(N)c1cccc([Si](OC)(OC)OC)c1. The average Bonchev–Trinajstić information content (AvgIpc) is 2.42. The van der Waals surface area contributed by atoms with Gasteiger partial charge in [0.15, 0.2) is 0 Å². The highest BCUT2D eigenvalue weighted by atomic mass is 28.4. The van der Waals surface area contributed by atoms with Gasteiger partial charge in [0.1, 0.15) is 0 Å². The zero-order chi connectivity index (χ0) is 13.8. The van der Waals surface area contributed by atoms with Gasteiger partial charge in [-0.05, 0) is 18.1 Å². The fourth-order valence-corrected chi connectivity index (χ4v) is 3.65. The third kappa shape index (κ3) is 2.80. The number of hydrogen-bond acceptors (Lipinski definition) is 5. The summed E-state index contributed by atoms with van der Waals surface area (Å²) >= 11 is 0. The number of nitrogens with two attached hydrogens (primary N) is 2. The third-order valence-electron chi connectivity index (χ3n) is 3.14. The molecule has 1 aromatic carbocycles. The van der Waals surface area contributed by atoms with Crippen molar-refractivity contribution in [1.29, 1.82) is 0 Å². The van der Waals surface area contributed by atoms with Crippen LogP contribution in [0.2, 0.25) is 0 Å². The Balaban J connectivity index is 3.23. The molecular formula is C12H22N2O3Si. The van der Waals surface area contributed by atoms with Gasteiger partial charge < -0.3 is 24.7 Å². The van der Waals surface area contributed by atoms with Gasteiger partial charge in [0.05, 0.1) is 5.66 Å². The van der Waals surface area contributed by atoms with Gasteiger partial charge >= 0.3 is 8.80 Å². The van der Waals surface area contributed by atoms with Crippen molar-refractivity contribution < 1.29 is 13.3 Å². The number of rotatable bonds is 6. The predicted molar refractivity (Wildman–Crippen MR) is 73.2 cm³/mol. The highest BCUT2D eigenvalue weighted by molar-refractivity contribution is 6.75. The first-order valence-corrected chi connectivity index (χ1v) is 7.52. The van der Waals surface area contributed by atoms with Gasteiger partial charge in [-0.25, -0.2) is 0 Å². The third-order valence-corrected chi connectivity index (χ3v) is 5.78. The predicted octanol–water partition coefficient (Wildman–Crippen LogP) is 0.252. The van der Waals surface area contributed by atoms with Gasteiger partial charge in [0, 0.05) is 26.5 Å². The smallest absolute Gasteiger partial charge is 0.373 e. The Kier molecular flexibility index (Phi) is 5.03. The van der Waals surface area contributed by atoms with Crippen LogP contribution >= 0.6 is 0 Å². The van der Waals surface area contributed by atoms with Gasteiger partial charge in [0.2, 0.25) is 0 Å². The Morgan fingerprint density at radius 2 is 1.67 bits per heavy atom. The van der Waals surface area contributed by atoms with Crippen LogP contribution in [0.3, 0.4) is 0 Å². The van der Waals surface area contributed by atoms with Crippen LogP contribution < -0.4 is 16.7 Å². The van der Waals surface area contributed by atoms with E-state index in [2.05, 4.69) is 0 Å². The summed E-state index contributed by atoms with van der Waals surface area (Å²) in [5.74, 6) is 0. The van der Waals surface area contributed by atoms with E-state index in [4.69, 9.17) is 24.7 Å². The summed E-state index contributed by atoms with van der Waals surface area (Å²) in [5.41, 5.74) is 12.1. The molecule has 0 heterocycles. The Hall–Kier alpha value is -0.763. The molecule has 102 valence electrons. The zero-order valence-corrected chi connectivity index (χ0v) is 12.4. The van der Waals surface area contributed by atoms with Crippen LogP contribution in [-0.4, -0.2) is 30.1 Å². The zero-order valence-electron chi connectivity index (χ0n) is 11.4. The summed E-state index contributed by atoms with van der Waals surface area (Å²) in [4.78, 5) is 0. The Bertz CT molecular complexity index is 386. The molecule has 0 aromatic heterocycles. The second-order valence-corrected chi connectivity index (χ2v) is 7.06. The molecule has 0 radical (unpaired) electrons. The van der Waals surface area contributed by atoms with E-state index in [1.54, 1.807) is 21.3 Å². The number of hydrogen-bond donors (Lipinski definition) is 2. The summed E-state index contributed by atoms with van der Waals surface area (Å²) in [6, 6.07) is 7.57. The average molecular weight is 270 g/mol. The summed E-state index contributed by atoms with van der Waals surface area (Å²) in [7, 11) is 1.89. The molecule has 0 aliphatic rings. The molecule has 0 aliphatic heterocycles. The molecular weight excluding hydrogens is 248 g/mol. The summed E-state index contributed by atoms with van der Waals surface area (Å²) in [6.07, 6.45) is 0.637. The molecule has 4 N–H and O–H groups in total. The molecule has 0 amide bonds. The van der Waals surface area contributed by atoms with Crippen molar-refractivity contribution in [2.45, 2.75) is 19.0 Å². The van der Waals surface area contributed by atoms with Crippen LogP contribution in [0.25, 0.3) is 0 Å². The highest BCUT2D eigenvalue weighted by Crippen LogP contribution is 2.16. The Morgan fingerprint density at radius 1 is 1.11 bits per heavy atom. The molecule has 0 spiro atoms. The van der Waals surface area contributed by atoms with E-state index < -0.39 is 14.5 Å². The second-order valence-electron chi connectivity index (χ2n) is 4.14. The van der Waals surface area contributed by atoms with Crippen molar-refractivity contribution in [2.75, 3.05) is 21.3 Å². The fourth-order valence-electron chi connectivity index (χ4n) is 1.81. The lowest BCUT2D eigenvalue weighted by Crippen LogP contribution is -2.55. The number of benzene rings is 1. The topological polar surface area (TPSA) is 79.7 Å². The summed E-state index contributed by atoms with van der Waals surface area (Å²) in [6.45, 7) is 1.94. The second kappa shape index (κ2) is 5.92. The quantitative estimate of drug-likeness (QED) is 0.572. The first-order valence-electron chi connectivity index (χ1n) is 5.80. The van der Waals surface area contributed by atoms with Crippen molar-refractivity contribution in [3.8, 4) is 0 Å².